The minimum atomic E-state index is -3.03. The van der Waals surface area contributed by atoms with E-state index in [9.17, 15) is 13.6 Å². The van der Waals surface area contributed by atoms with Gasteiger partial charge in [0.2, 0.25) is 0 Å². The maximum atomic E-state index is 12.3. The molecule has 6 heteroatoms. The molecule has 3 nitrogen and oxygen atoms in total. The first-order valence-electron chi connectivity index (χ1n) is 4.58. The second kappa shape index (κ2) is 4.91. The first-order valence-corrected chi connectivity index (χ1v) is 5.38. The molecule has 1 aliphatic rings. The summed E-state index contributed by atoms with van der Waals surface area (Å²) >= 11 is 2.14. The normalized spacial score (nSPS) is 18.2. The molecule has 0 saturated heterocycles. The van der Waals surface area contributed by atoms with E-state index in [1.165, 1.54) is 0 Å². The molecule has 0 spiro atoms. The molecule has 14 heavy (non-hydrogen) atoms. The number of hydrogen-bond donors (Lipinski definition) is 2. The maximum Gasteiger partial charge on any atom is 0.318 e. The van der Waals surface area contributed by atoms with Gasteiger partial charge in [-0.1, -0.05) is 12.8 Å². The molecule has 0 aromatic heterocycles. The van der Waals surface area contributed by atoms with Crippen molar-refractivity contribution in [2.45, 2.75) is 36.6 Å². The molecule has 0 aromatic carbocycles. The Labute approximate surface area is 89.7 Å². The molecular formula is C8H13BrF2N2O. The van der Waals surface area contributed by atoms with Crippen molar-refractivity contribution >= 4 is 22.0 Å². The molecule has 2 N–H and O–H groups in total. The van der Waals surface area contributed by atoms with E-state index in [0.29, 0.717) is 0 Å². The van der Waals surface area contributed by atoms with E-state index in [1.54, 1.807) is 0 Å². The number of carbonyl (C=O) groups is 1. The molecule has 0 radical (unpaired) electrons. The summed E-state index contributed by atoms with van der Waals surface area (Å²) in [5.41, 5.74) is 0. The third-order valence-corrected chi connectivity index (χ3v) is 2.42. The van der Waals surface area contributed by atoms with Crippen LogP contribution in [-0.4, -0.2) is 23.4 Å². The van der Waals surface area contributed by atoms with Crippen molar-refractivity contribution in [2.75, 3.05) is 6.54 Å². The lowest BCUT2D eigenvalue weighted by Crippen LogP contribution is -2.44. The number of nitrogens with one attached hydrogen (secondary N) is 2. The smallest absolute Gasteiger partial charge is 0.318 e. The zero-order chi connectivity index (χ0) is 10.6. The van der Waals surface area contributed by atoms with Crippen molar-refractivity contribution in [1.29, 1.82) is 0 Å². The minimum Gasteiger partial charge on any atom is -0.335 e. The Balaban J connectivity index is 2.15. The Hall–Kier alpha value is -0.390. The van der Waals surface area contributed by atoms with Crippen LogP contribution in [0.5, 0.6) is 0 Å². The highest BCUT2D eigenvalue weighted by Gasteiger charge is 2.25. The summed E-state index contributed by atoms with van der Waals surface area (Å²) in [4.78, 5) is 8.04. The maximum absolute atomic E-state index is 12.3. The number of rotatable bonds is 3. The molecular weight excluding hydrogens is 258 g/mol. The Morgan fingerprint density at radius 1 is 1.43 bits per heavy atom. The topological polar surface area (TPSA) is 41.1 Å². The summed E-state index contributed by atoms with van der Waals surface area (Å²) in [6.45, 7) is -0.689. The average molecular weight is 271 g/mol. The lowest BCUT2D eigenvalue weighted by Gasteiger charge is -2.14. The van der Waals surface area contributed by atoms with Crippen LogP contribution in [0.2, 0.25) is 0 Å². The van der Waals surface area contributed by atoms with Gasteiger partial charge < -0.3 is 10.6 Å². The van der Waals surface area contributed by atoms with Crippen LogP contribution < -0.4 is 10.6 Å². The van der Waals surface area contributed by atoms with Crippen LogP contribution in [0.3, 0.4) is 0 Å². The predicted octanol–water partition coefficient (Wildman–Crippen LogP) is 2.22. The number of alkyl halides is 3. The Morgan fingerprint density at radius 3 is 2.50 bits per heavy atom. The summed E-state index contributed by atoms with van der Waals surface area (Å²) in [5, 5.41) is 4.75. The van der Waals surface area contributed by atoms with E-state index >= 15 is 0 Å². The van der Waals surface area contributed by atoms with Crippen LogP contribution in [0.25, 0.3) is 0 Å². The molecule has 0 aliphatic heterocycles. The van der Waals surface area contributed by atoms with Crippen molar-refractivity contribution in [2.24, 2.45) is 0 Å². The molecule has 0 unspecified atom stereocenters. The summed E-state index contributed by atoms with van der Waals surface area (Å²) in [6, 6.07) is -0.366. The second-order valence-electron chi connectivity index (χ2n) is 3.42. The molecule has 1 saturated carbocycles. The van der Waals surface area contributed by atoms with E-state index in [0.717, 1.165) is 25.7 Å². The van der Waals surface area contributed by atoms with E-state index in [1.807, 2.05) is 0 Å². The molecule has 1 aliphatic carbocycles. The van der Waals surface area contributed by atoms with Gasteiger partial charge in [0.1, 0.15) is 0 Å². The Kier molecular flexibility index (Phi) is 4.10. The number of hydrogen-bond acceptors (Lipinski definition) is 1. The molecule has 1 rings (SSSR count). The van der Waals surface area contributed by atoms with E-state index in [-0.39, 0.29) is 6.04 Å². The van der Waals surface area contributed by atoms with Gasteiger partial charge in [0, 0.05) is 6.04 Å². The van der Waals surface area contributed by atoms with E-state index in [4.69, 9.17) is 0 Å². The average Bonchev–Trinajstić information content (AvgIpc) is 2.52. The van der Waals surface area contributed by atoms with Gasteiger partial charge in [-0.2, -0.15) is 8.78 Å². The third-order valence-electron chi connectivity index (χ3n) is 2.14. The van der Waals surface area contributed by atoms with Crippen LogP contribution in [0.4, 0.5) is 13.6 Å². The van der Waals surface area contributed by atoms with Crippen LogP contribution in [0.15, 0.2) is 0 Å². The quantitative estimate of drug-likeness (QED) is 0.759. The van der Waals surface area contributed by atoms with Crippen molar-refractivity contribution < 1.29 is 13.6 Å². The minimum absolute atomic E-state index is 0.152. The zero-order valence-corrected chi connectivity index (χ0v) is 9.24. The number of urea groups is 1. The van der Waals surface area contributed by atoms with Crippen LogP contribution in [-0.2, 0) is 0 Å². The standard InChI is InChI=1S/C8H13BrF2N2O/c9-8(10,11)5-12-7(14)13-6-3-1-2-4-6/h6H,1-5H2,(H2,12,13,14). The third kappa shape index (κ3) is 4.74. The van der Waals surface area contributed by atoms with Crippen molar-refractivity contribution in [3.8, 4) is 0 Å². The van der Waals surface area contributed by atoms with Gasteiger partial charge in [-0.05, 0) is 28.8 Å². The Bertz CT molecular complexity index is 202. The zero-order valence-electron chi connectivity index (χ0n) is 7.66. The predicted molar refractivity (Wildman–Crippen MR) is 52.7 cm³/mol. The van der Waals surface area contributed by atoms with Crippen LogP contribution in [0.1, 0.15) is 25.7 Å². The molecule has 0 atom stereocenters. The largest absolute Gasteiger partial charge is 0.335 e. The SMILES string of the molecule is O=C(NCC(F)(F)Br)NC1CCCC1. The van der Waals surface area contributed by atoms with Gasteiger partial charge in [-0.3, -0.25) is 0 Å². The highest BCUT2D eigenvalue weighted by Crippen LogP contribution is 2.20. The summed E-state index contributed by atoms with van der Waals surface area (Å²) in [6.07, 6.45) is 4.08. The molecule has 1 fully saturated rings. The van der Waals surface area contributed by atoms with Gasteiger partial charge in [0.15, 0.2) is 0 Å². The van der Waals surface area contributed by atoms with Crippen molar-refractivity contribution in [3.05, 3.63) is 0 Å². The molecule has 2 amide bonds. The molecule has 82 valence electrons. The van der Waals surface area contributed by atoms with Crippen molar-refractivity contribution in [1.82, 2.24) is 10.6 Å². The monoisotopic (exact) mass is 270 g/mol. The highest BCUT2D eigenvalue weighted by atomic mass is 79.9. The fourth-order valence-corrected chi connectivity index (χ4v) is 1.63. The summed E-state index contributed by atoms with van der Waals surface area (Å²) in [7, 11) is 0. The van der Waals surface area contributed by atoms with Gasteiger partial charge >= 0.3 is 10.9 Å². The van der Waals surface area contributed by atoms with E-state index in [2.05, 4.69) is 26.6 Å². The number of halogens is 3. The summed E-state index contributed by atoms with van der Waals surface area (Å²) < 4.78 is 24.5. The molecule has 0 aromatic rings. The fourth-order valence-electron chi connectivity index (χ4n) is 1.49. The molecule has 0 heterocycles. The highest BCUT2D eigenvalue weighted by molar-refractivity contribution is 9.10. The Morgan fingerprint density at radius 2 is 2.00 bits per heavy atom. The first kappa shape index (κ1) is 11.7. The van der Waals surface area contributed by atoms with Crippen molar-refractivity contribution in [3.63, 3.8) is 0 Å². The number of amides is 2. The fraction of sp³-hybridized carbons (Fsp3) is 0.875. The second-order valence-corrected chi connectivity index (χ2v) is 4.58. The van der Waals surface area contributed by atoms with Gasteiger partial charge in [0.25, 0.3) is 0 Å². The first-order chi connectivity index (χ1) is 6.47. The van der Waals surface area contributed by atoms with Crippen LogP contribution >= 0.6 is 15.9 Å². The summed E-state index contributed by atoms with van der Waals surface area (Å²) in [5.74, 6) is 0. The van der Waals surface area contributed by atoms with Gasteiger partial charge in [0.05, 0.1) is 6.54 Å². The van der Waals surface area contributed by atoms with Gasteiger partial charge in [-0.25, -0.2) is 4.79 Å². The lowest BCUT2D eigenvalue weighted by molar-refractivity contribution is 0.115. The number of carbonyl (C=O) groups excluding carboxylic acids is 1. The molecule has 0 bridgehead atoms. The van der Waals surface area contributed by atoms with E-state index < -0.39 is 17.4 Å². The lowest BCUT2D eigenvalue weighted by atomic mass is 10.3. The van der Waals surface area contributed by atoms with Gasteiger partial charge in [-0.15, -0.1) is 0 Å². The van der Waals surface area contributed by atoms with Crippen LogP contribution in [0, 0.1) is 0 Å².